The summed E-state index contributed by atoms with van der Waals surface area (Å²) in [5.41, 5.74) is 1.45. The third-order valence-corrected chi connectivity index (χ3v) is 5.10. The largest absolute Gasteiger partial charge is 0.325 e. The van der Waals surface area contributed by atoms with Gasteiger partial charge in [-0.15, -0.1) is 0 Å². The van der Waals surface area contributed by atoms with Crippen molar-refractivity contribution in [2.45, 2.75) is 30.3 Å². The van der Waals surface area contributed by atoms with Crippen molar-refractivity contribution in [3.63, 3.8) is 0 Å². The third kappa shape index (κ3) is 5.10. The van der Waals surface area contributed by atoms with E-state index in [-0.39, 0.29) is 23.2 Å². The van der Waals surface area contributed by atoms with E-state index in [0.29, 0.717) is 18.3 Å². The Balaban J connectivity index is 1.60. The number of hydrogen-bond acceptors (Lipinski definition) is 4. The van der Waals surface area contributed by atoms with Crippen LogP contribution in [-0.2, 0) is 21.4 Å². The molecular weight excluding hydrogens is 357 g/mol. The maximum atomic E-state index is 13.0. The number of nitrogens with one attached hydrogen (secondary N) is 1. The molecule has 8 heteroatoms. The van der Waals surface area contributed by atoms with Gasteiger partial charge in [-0.2, -0.15) is 0 Å². The Bertz CT molecular complexity index is 879. The van der Waals surface area contributed by atoms with E-state index < -0.39 is 10.0 Å². The summed E-state index contributed by atoms with van der Waals surface area (Å²) in [6.07, 6.45) is 2.08. The summed E-state index contributed by atoms with van der Waals surface area (Å²) in [6, 6.07) is 12.3. The normalized spacial score (nSPS) is 14.4. The highest BCUT2D eigenvalue weighted by Gasteiger charge is 2.30. The van der Waals surface area contributed by atoms with Gasteiger partial charge in [0, 0.05) is 18.3 Å². The third-order valence-electron chi connectivity index (χ3n) is 4.18. The molecule has 1 aliphatic rings. The average molecular weight is 377 g/mol. The number of carbonyl (C=O) groups is 1. The maximum Gasteiger partial charge on any atom is 0.238 e. The van der Waals surface area contributed by atoms with Crippen LogP contribution in [0.1, 0.15) is 18.4 Å². The fraction of sp³-hybridized carbons (Fsp3) is 0.278. The van der Waals surface area contributed by atoms with Gasteiger partial charge in [-0.1, -0.05) is 12.1 Å². The Kier molecular flexibility index (Phi) is 5.36. The lowest BCUT2D eigenvalue weighted by Crippen LogP contribution is -2.34. The molecule has 0 saturated heterocycles. The summed E-state index contributed by atoms with van der Waals surface area (Å²) in [5, 5.41) is 7.80. The van der Waals surface area contributed by atoms with E-state index in [2.05, 4.69) is 10.2 Å². The molecule has 0 atom stereocenters. The van der Waals surface area contributed by atoms with Crippen molar-refractivity contribution in [2.75, 3.05) is 11.9 Å². The molecule has 0 bridgehead atoms. The minimum atomic E-state index is -3.76. The van der Waals surface area contributed by atoms with E-state index in [9.17, 15) is 17.6 Å². The molecule has 3 N–H and O–H groups in total. The van der Waals surface area contributed by atoms with E-state index in [1.807, 2.05) is 0 Å². The fourth-order valence-corrected chi connectivity index (χ4v) is 3.21. The molecule has 26 heavy (non-hydrogen) atoms. The Morgan fingerprint density at radius 2 is 1.73 bits per heavy atom. The molecule has 1 aliphatic carbocycles. The topological polar surface area (TPSA) is 92.5 Å². The Labute approximate surface area is 151 Å². The van der Waals surface area contributed by atoms with Crippen LogP contribution in [0.2, 0.25) is 0 Å². The van der Waals surface area contributed by atoms with Gasteiger partial charge in [0.1, 0.15) is 5.82 Å². The quantitative estimate of drug-likeness (QED) is 0.773. The van der Waals surface area contributed by atoms with Crippen molar-refractivity contribution in [3.05, 3.63) is 59.9 Å². The highest BCUT2D eigenvalue weighted by molar-refractivity contribution is 7.89. The van der Waals surface area contributed by atoms with Crippen LogP contribution in [0, 0.1) is 5.82 Å². The van der Waals surface area contributed by atoms with Gasteiger partial charge in [-0.3, -0.25) is 9.69 Å². The first kappa shape index (κ1) is 18.5. The van der Waals surface area contributed by atoms with Crippen LogP contribution in [0.3, 0.4) is 0 Å². The highest BCUT2D eigenvalue weighted by Crippen LogP contribution is 2.28. The summed E-state index contributed by atoms with van der Waals surface area (Å²) < 4.78 is 35.5. The molecule has 0 aliphatic heterocycles. The predicted octanol–water partition coefficient (Wildman–Crippen LogP) is 2.08. The monoisotopic (exact) mass is 377 g/mol. The van der Waals surface area contributed by atoms with Gasteiger partial charge in [0.05, 0.1) is 11.4 Å². The minimum Gasteiger partial charge on any atom is -0.325 e. The van der Waals surface area contributed by atoms with Gasteiger partial charge in [0.15, 0.2) is 0 Å². The second-order valence-corrected chi connectivity index (χ2v) is 7.94. The molecular formula is C18H20FN3O3S. The second-order valence-electron chi connectivity index (χ2n) is 6.38. The van der Waals surface area contributed by atoms with Gasteiger partial charge in [0.2, 0.25) is 15.9 Å². The van der Waals surface area contributed by atoms with Crippen molar-refractivity contribution in [3.8, 4) is 0 Å². The van der Waals surface area contributed by atoms with Crippen molar-refractivity contribution in [1.29, 1.82) is 0 Å². The van der Waals surface area contributed by atoms with Crippen LogP contribution in [-0.4, -0.2) is 31.8 Å². The number of sulfonamides is 1. The van der Waals surface area contributed by atoms with E-state index in [0.717, 1.165) is 18.4 Å². The Hall–Kier alpha value is -2.29. The number of amides is 1. The summed E-state index contributed by atoms with van der Waals surface area (Å²) in [7, 11) is -3.76. The molecule has 3 rings (SSSR count). The number of nitrogens with zero attached hydrogens (tertiary/aromatic N) is 1. The Morgan fingerprint density at radius 3 is 2.27 bits per heavy atom. The number of primary sulfonamides is 1. The summed E-state index contributed by atoms with van der Waals surface area (Å²) in [6.45, 7) is 0.779. The lowest BCUT2D eigenvalue weighted by atomic mass is 10.2. The number of rotatable bonds is 7. The standard InChI is InChI=1S/C18H20FN3O3S/c19-14-3-1-13(2-4-14)11-22(16-7-8-16)12-18(23)21-15-5-9-17(10-6-15)26(20,24)25/h1-6,9-10,16H,7-8,11-12H2,(H,21,23)(H2,20,24,25). The van der Waals surface area contributed by atoms with Crippen LogP contribution in [0.15, 0.2) is 53.4 Å². The van der Waals surface area contributed by atoms with Crippen LogP contribution in [0.4, 0.5) is 10.1 Å². The summed E-state index contributed by atoms with van der Waals surface area (Å²) >= 11 is 0. The molecule has 0 heterocycles. The summed E-state index contributed by atoms with van der Waals surface area (Å²) in [4.78, 5) is 14.4. The first-order valence-corrected chi connectivity index (χ1v) is 9.77. The van der Waals surface area contributed by atoms with E-state index in [4.69, 9.17) is 5.14 Å². The lowest BCUT2D eigenvalue weighted by Gasteiger charge is -2.21. The van der Waals surface area contributed by atoms with Gasteiger partial charge >= 0.3 is 0 Å². The summed E-state index contributed by atoms with van der Waals surface area (Å²) in [5.74, 6) is -0.477. The van der Waals surface area contributed by atoms with Crippen molar-refractivity contribution < 1.29 is 17.6 Å². The fourth-order valence-electron chi connectivity index (χ4n) is 2.69. The molecule has 0 spiro atoms. The molecule has 0 aromatic heterocycles. The molecule has 1 fully saturated rings. The van der Waals surface area contributed by atoms with E-state index in [1.165, 1.54) is 36.4 Å². The number of anilines is 1. The molecule has 138 valence electrons. The molecule has 1 amide bonds. The van der Waals surface area contributed by atoms with Gasteiger partial charge in [0.25, 0.3) is 0 Å². The average Bonchev–Trinajstić information content (AvgIpc) is 3.41. The van der Waals surface area contributed by atoms with Crippen LogP contribution in [0.5, 0.6) is 0 Å². The zero-order valence-electron chi connectivity index (χ0n) is 14.1. The van der Waals surface area contributed by atoms with Crippen molar-refractivity contribution in [2.24, 2.45) is 5.14 Å². The number of nitrogens with two attached hydrogens (primary N) is 1. The number of carbonyl (C=O) groups excluding carboxylic acids is 1. The molecule has 2 aromatic carbocycles. The molecule has 0 radical (unpaired) electrons. The minimum absolute atomic E-state index is 0.00795. The zero-order chi connectivity index (χ0) is 18.7. The van der Waals surface area contributed by atoms with Gasteiger partial charge in [-0.25, -0.2) is 17.9 Å². The molecule has 0 unspecified atom stereocenters. The predicted molar refractivity (Wildman–Crippen MR) is 96.3 cm³/mol. The first-order chi connectivity index (χ1) is 12.3. The smallest absolute Gasteiger partial charge is 0.238 e. The van der Waals surface area contributed by atoms with Crippen LogP contribution < -0.4 is 10.5 Å². The first-order valence-electron chi connectivity index (χ1n) is 8.22. The zero-order valence-corrected chi connectivity index (χ0v) is 14.9. The van der Waals surface area contributed by atoms with E-state index >= 15 is 0 Å². The van der Waals surface area contributed by atoms with Crippen LogP contribution in [0.25, 0.3) is 0 Å². The number of hydrogen-bond donors (Lipinski definition) is 2. The number of halogens is 1. The van der Waals surface area contributed by atoms with Crippen molar-refractivity contribution in [1.82, 2.24) is 4.90 Å². The lowest BCUT2D eigenvalue weighted by molar-refractivity contribution is -0.117. The molecule has 6 nitrogen and oxygen atoms in total. The van der Waals surface area contributed by atoms with Crippen LogP contribution >= 0.6 is 0 Å². The highest BCUT2D eigenvalue weighted by atomic mass is 32.2. The SMILES string of the molecule is NS(=O)(=O)c1ccc(NC(=O)CN(Cc2ccc(F)cc2)C2CC2)cc1. The molecule has 2 aromatic rings. The Morgan fingerprint density at radius 1 is 1.12 bits per heavy atom. The van der Waals surface area contributed by atoms with Crippen molar-refractivity contribution >= 4 is 21.6 Å². The molecule has 1 saturated carbocycles. The second kappa shape index (κ2) is 7.53. The number of benzene rings is 2. The van der Waals surface area contributed by atoms with E-state index in [1.54, 1.807) is 12.1 Å². The van der Waals surface area contributed by atoms with Gasteiger partial charge < -0.3 is 5.32 Å². The van der Waals surface area contributed by atoms with Gasteiger partial charge in [-0.05, 0) is 54.8 Å². The maximum absolute atomic E-state index is 13.0.